The van der Waals surface area contributed by atoms with E-state index in [1.54, 1.807) is 0 Å². The van der Waals surface area contributed by atoms with Gasteiger partial charge in [0, 0.05) is 23.2 Å². The van der Waals surface area contributed by atoms with Crippen molar-refractivity contribution in [1.82, 2.24) is 0 Å². The van der Waals surface area contributed by atoms with Gasteiger partial charge in [-0.15, -0.1) is 0 Å². The predicted molar refractivity (Wildman–Crippen MR) is 48.2 cm³/mol. The second-order valence-corrected chi connectivity index (χ2v) is 10.3. The Labute approximate surface area is 81.2 Å². The first-order valence-electron chi connectivity index (χ1n) is 2.68. The van der Waals surface area contributed by atoms with Gasteiger partial charge in [0.05, 0.1) is 0 Å². The second-order valence-electron chi connectivity index (χ2n) is 2.42. The lowest BCUT2D eigenvalue weighted by atomic mass is 11.8. The average molecular weight is 271 g/mol. The van der Waals surface area contributed by atoms with Gasteiger partial charge in [-0.25, -0.2) is 25.3 Å². The maximum atomic E-state index is 10.8. The van der Waals surface area contributed by atoms with Gasteiger partial charge in [-0.3, -0.25) is 0 Å². The third-order valence-corrected chi connectivity index (χ3v) is 9.67. The van der Waals surface area contributed by atoms with Crippen molar-refractivity contribution in [3.63, 3.8) is 0 Å². The summed E-state index contributed by atoms with van der Waals surface area (Å²) in [6.07, 6.45) is 0.970. The molecule has 0 rings (SSSR count). The molecule has 80 valence electrons. The van der Waals surface area contributed by atoms with Crippen molar-refractivity contribution in [1.29, 1.82) is 0 Å². The van der Waals surface area contributed by atoms with Crippen LogP contribution in [0.15, 0.2) is 0 Å². The summed E-state index contributed by atoms with van der Waals surface area (Å²) in [6, 6.07) is 0. The topological polar surface area (TPSA) is 102 Å². The molecule has 0 aromatic rings. The molecule has 0 fully saturated rings. The maximum absolute atomic E-state index is 10.8. The molecule has 0 atom stereocenters. The summed E-state index contributed by atoms with van der Waals surface area (Å²) >= 11 is 0. The molecule has 0 aromatic carbocycles. The summed E-state index contributed by atoms with van der Waals surface area (Å²) in [6.45, 7) is 0. The van der Waals surface area contributed by atoms with Crippen molar-refractivity contribution in [2.45, 2.75) is 3.91 Å². The molecule has 0 aromatic heterocycles. The average Bonchev–Trinajstić information content (AvgIpc) is 1.44. The smallest absolute Gasteiger partial charge is 0.227 e. The van der Waals surface area contributed by atoms with Crippen LogP contribution in [0.2, 0.25) is 0 Å². The summed E-state index contributed by atoms with van der Waals surface area (Å²) < 4.78 is 61.8. The first-order valence-corrected chi connectivity index (χ1v) is 8.96. The van der Waals surface area contributed by atoms with Crippen molar-refractivity contribution in [2.75, 3.05) is 12.5 Å². The molecular weight excluding hydrogens is 264 g/mol. The fourth-order valence-electron chi connectivity index (χ4n) is 0.735. The number of halogens is 1. The lowest BCUT2D eigenvalue weighted by Gasteiger charge is -2.08. The Morgan fingerprint density at radius 3 is 1.08 bits per heavy atom. The molecule has 0 saturated heterocycles. The first kappa shape index (κ1) is 13.1. The molecule has 13 heavy (non-hydrogen) atoms. The lowest BCUT2D eigenvalue weighted by molar-refractivity contribution is 0.583. The molecule has 0 amide bonds. The monoisotopic (exact) mass is 270 g/mol. The van der Waals surface area contributed by atoms with Crippen LogP contribution in [-0.2, 0) is 28.7 Å². The first-order chi connectivity index (χ1) is 5.37. The largest absolute Gasteiger partial charge is 0.276 e. The lowest BCUT2D eigenvalue weighted by Crippen LogP contribution is -2.33. The molecule has 0 bridgehead atoms. The zero-order valence-electron chi connectivity index (χ0n) is 6.63. The minimum atomic E-state index is -4.68. The Hall–Kier alpha value is 0.140. The normalized spacial score (nSPS) is 14.8. The van der Waals surface area contributed by atoms with E-state index in [4.69, 9.17) is 0 Å². The quantitative estimate of drug-likeness (QED) is 0.605. The Kier molecular flexibility index (Phi) is 3.41. The van der Waals surface area contributed by atoms with Crippen LogP contribution in [0.1, 0.15) is 0 Å². The molecule has 0 aliphatic carbocycles. The van der Waals surface area contributed by atoms with E-state index in [9.17, 15) is 25.3 Å². The maximum Gasteiger partial charge on any atom is 0.276 e. The van der Waals surface area contributed by atoms with E-state index in [1.807, 2.05) is 0 Å². The summed E-state index contributed by atoms with van der Waals surface area (Å²) in [5, 5.41) is 0. The van der Waals surface area contributed by atoms with Crippen LogP contribution in [0.3, 0.4) is 0 Å². The molecule has 0 spiro atoms. The summed E-state index contributed by atoms with van der Waals surface area (Å²) in [7, 11) is -8.58. The molecule has 0 N–H and O–H groups in total. The van der Waals surface area contributed by atoms with Crippen molar-refractivity contribution in [3.05, 3.63) is 0 Å². The standard InChI is InChI=1S/C3H7ClO6S3/c1-11(5,6)3(12(2,7)8)13(4,9)10/h3H,1-2H3. The van der Waals surface area contributed by atoms with E-state index in [0.29, 0.717) is 12.5 Å². The molecule has 0 saturated carbocycles. The van der Waals surface area contributed by atoms with Crippen LogP contribution in [-0.4, -0.2) is 41.7 Å². The summed E-state index contributed by atoms with van der Waals surface area (Å²) in [4.78, 5) is 0. The Bertz CT molecular complexity index is 405. The van der Waals surface area contributed by atoms with Crippen LogP contribution in [0.4, 0.5) is 0 Å². The van der Waals surface area contributed by atoms with E-state index in [-0.39, 0.29) is 0 Å². The molecule has 6 nitrogen and oxygen atoms in total. The predicted octanol–water partition coefficient (Wildman–Crippen LogP) is -1.07. The highest BCUT2D eigenvalue weighted by Crippen LogP contribution is 2.18. The minimum absolute atomic E-state index is 0.485. The van der Waals surface area contributed by atoms with Crippen molar-refractivity contribution < 1.29 is 25.3 Å². The second kappa shape index (κ2) is 3.37. The van der Waals surface area contributed by atoms with Crippen LogP contribution in [0.5, 0.6) is 0 Å². The fraction of sp³-hybridized carbons (Fsp3) is 1.00. The third kappa shape index (κ3) is 3.79. The highest BCUT2D eigenvalue weighted by molar-refractivity contribution is 8.32. The van der Waals surface area contributed by atoms with E-state index in [1.165, 1.54) is 0 Å². The Morgan fingerprint density at radius 2 is 1.08 bits per heavy atom. The van der Waals surface area contributed by atoms with Gasteiger partial charge in [-0.2, -0.15) is 0 Å². The van der Waals surface area contributed by atoms with E-state index >= 15 is 0 Å². The highest BCUT2D eigenvalue weighted by atomic mass is 35.7. The minimum Gasteiger partial charge on any atom is -0.227 e. The molecule has 0 radical (unpaired) electrons. The van der Waals surface area contributed by atoms with E-state index < -0.39 is 32.6 Å². The van der Waals surface area contributed by atoms with Crippen LogP contribution in [0.25, 0.3) is 0 Å². The number of sulfone groups is 2. The molecule has 0 heterocycles. The SMILES string of the molecule is CS(=O)(=O)C(S(C)(=O)=O)S(=O)(=O)Cl. The van der Waals surface area contributed by atoms with Crippen LogP contribution < -0.4 is 0 Å². The van der Waals surface area contributed by atoms with Gasteiger partial charge in [-0.1, -0.05) is 0 Å². The highest BCUT2D eigenvalue weighted by Gasteiger charge is 2.42. The van der Waals surface area contributed by atoms with Gasteiger partial charge in [0.25, 0.3) is 13.0 Å². The van der Waals surface area contributed by atoms with Gasteiger partial charge < -0.3 is 0 Å². The zero-order chi connectivity index (χ0) is 11.1. The van der Waals surface area contributed by atoms with Crippen molar-refractivity contribution in [2.24, 2.45) is 0 Å². The summed E-state index contributed by atoms with van der Waals surface area (Å²) in [5.41, 5.74) is 0. The van der Waals surface area contributed by atoms with Gasteiger partial charge in [0.15, 0.2) is 19.7 Å². The molecule has 0 unspecified atom stereocenters. The van der Waals surface area contributed by atoms with E-state index in [0.717, 1.165) is 0 Å². The Morgan fingerprint density at radius 1 is 0.846 bits per heavy atom. The zero-order valence-corrected chi connectivity index (χ0v) is 9.83. The van der Waals surface area contributed by atoms with Crippen molar-refractivity contribution >= 4 is 39.4 Å². The Balaban J connectivity index is 5.87. The molecule has 10 heteroatoms. The number of rotatable bonds is 3. The molecular formula is C3H7ClO6S3. The number of hydrogen-bond acceptors (Lipinski definition) is 6. The van der Waals surface area contributed by atoms with Gasteiger partial charge in [0.1, 0.15) is 0 Å². The van der Waals surface area contributed by atoms with Gasteiger partial charge in [-0.05, 0) is 0 Å². The van der Waals surface area contributed by atoms with Gasteiger partial charge in [0.2, 0.25) is 0 Å². The summed E-state index contributed by atoms with van der Waals surface area (Å²) in [5.74, 6) is 0. The molecule has 0 aliphatic rings. The third-order valence-electron chi connectivity index (χ3n) is 0.929. The number of hydrogen-bond donors (Lipinski definition) is 0. The van der Waals surface area contributed by atoms with Gasteiger partial charge >= 0.3 is 0 Å². The van der Waals surface area contributed by atoms with E-state index in [2.05, 4.69) is 10.7 Å². The molecule has 0 aliphatic heterocycles. The van der Waals surface area contributed by atoms with Crippen molar-refractivity contribution in [3.8, 4) is 0 Å². The van der Waals surface area contributed by atoms with Crippen LogP contribution in [0, 0.1) is 0 Å². The van der Waals surface area contributed by atoms with Crippen LogP contribution >= 0.6 is 10.7 Å². The fourth-order valence-corrected chi connectivity index (χ4v) is 8.99.